The van der Waals surface area contributed by atoms with E-state index in [0.717, 1.165) is 17.1 Å². The maximum absolute atomic E-state index is 12.6. The Hall–Kier alpha value is -2.87. The zero-order valence-corrected chi connectivity index (χ0v) is 14.0. The quantitative estimate of drug-likeness (QED) is 0.892. The molecule has 0 spiro atoms. The van der Waals surface area contributed by atoms with Crippen molar-refractivity contribution in [2.75, 3.05) is 26.8 Å². The van der Waals surface area contributed by atoms with E-state index in [9.17, 15) is 9.59 Å². The minimum absolute atomic E-state index is 0.0165. The molecule has 3 rings (SSSR count). The lowest BCUT2D eigenvalue weighted by Gasteiger charge is -2.30. The largest absolute Gasteiger partial charge is 0.497 e. The van der Waals surface area contributed by atoms with Gasteiger partial charge < -0.3 is 19.5 Å². The molecule has 132 valence electrons. The number of amides is 1. The molecule has 2 heterocycles. The van der Waals surface area contributed by atoms with Crippen molar-refractivity contribution in [1.29, 1.82) is 0 Å². The lowest BCUT2D eigenvalue weighted by atomic mass is 10.2. The summed E-state index contributed by atoms with van der Waals surface area (Å²) < 4.78 is 12.0. The first kappa shape index (κ1) is 17.0. The Morgan fingerprint density at radius 1 is 1.32 bits per heavy atom. The van der Waals surface area contributed by atoms with E-state index < -0.39 is 12.1 Å². The molecule has 1 unspecified atom stereocenters. The highest BCUT2D eigenvalue weighted by atomic mass is 16.5. The highest BCUT2D eigenvalue weighted by Gasteiger charge is 2.30. The number of morpholine rings is 1. The molecule has 0 saturated carbocycles. The Morgan fingerprint density at radius 2 is 2.04 bits per heavy atom. The summed E-state index contributed by atoms with van der Waals surface area (Å²) in [4.78, 5) is 25.2. The minimum Gasteiger partial charge on any atom is -0.497 e. The third-order valence-corrected chi connectivity index (χ3v) is 4.05. The molecule has 25 heavy (non-hydrogen) atoms. The van der Waals surface area contributed by atoms with Crippen molar-refractivity contribution < 1.29 is 24.2 Å². The first-order valence-electron chi connectivity index (χ1n) is 7.84. The molecule has 0 radical (unpaired) electrons. The maximum atomic E-state index is 12.6. The number of hydrogen-bond donors (Lipinski definition) is 1. The van der Waals surface area contributed by atoms with Crippen molar-refractivity contribution in [2.45, 2.75) is 13.0 Å². The number of aliphatic carboxylic acids is 1. The zero-order valence-electron chi connectivity index (χ0n) is 14.0. The van der Waals surface area contributed by atoms with Gasteiger partial charge in [0, 0.05) is 12.2 Å². The molecule has 1 aliphatic rings. The molecule has 1 fully saturated rings. The molecule has 1 saturated heterocycles. The van der Waals surface area contributed by atoms with Crippen LogP contribution in [-0.4, -0.2) is 64.6 Å². The fourth-order valence-electron chi connectivity index (χ4n) is 2.71. The fourth-order valence-corrected chi connectivity index (χ4v) is 2.71. The van der Waals surface area contributed by atoms with Gasteiger partial charge in [-0.3, -0.25) is 4.79 Å². The standard InChI is InChI=1S/C17H19N3O5/c1-11-9-14(16(21)19-7-8-25-15(10-19)17(22)23)18-20(11)12-3-5-13(24-2)6-4-12/h3-6,9,15H,7-8,10H2,1-2H3,(H,22,23). The monoisotopic (exact) mass is 345 g/mol. The zero-order chi connectivity index (χ0) is 18.0. The molecule has 0 bridgehead atoms. The van der Waals surface area contributed by atoms with Gasteiger partial charge in [0.25, 0.3) is 5.91 Å². The lowest BCUT2D eigenvalue weighted by Crippen LogP contribution is -2.48. The van der Waals surface area contributed by atoms with Gasteiger partial charge in [-0.2, -0.15) is 5.10 Å². The summed E-state index contributed by atoms with van der Waals surface area (Å²) >= 11 is 0. The summed E-state index contributed by atoms with van der Waals surface area (Å²) in [5, 5.41) is 13.4. The molecule has 1 atom stereocenters. The Labute approximate surface area is 144 Å². The van der Waals surface area contributed by atoms with Gasteiger partial charge in [0.05, 0.1) is 25.9 Å². The SMILES string of the molecule is COc1ccc(-n2nc(C(=O)N3CCOC(C(=O)O)C3)cc2C)cc1. The Bertz CT molecular complexity index is 784. The average Bonchev–Trinajstić information content (AvgIpc) is 3.03. The van der Waals surface area contributed by atoms with Crippen molar-refractivity contribution in [3.8, 4) is 11.4 Å². The molecular weight excluding hydrogens is 326 g/mol. The van der Waals surface area contributed by atoms with Crippen molar-refractivity contribution in [3.63, 3.8) is 0 Å². The van der Waals surface area contributed by atoms with E-state index in [4.69, 9.17) is 14.6 Å². The molecule has 1 amide bonds. The minimum atomic E-state index is -1.07. The first-order chi connectivity index (χ1) is 12.0. The van der Waals surface area contributed by atoms with Crippen LogP contribution in [0.1, 0.15) is 16.2 Å². The van der Waals surface area contributed by atoms with Gasteiger partial charge in [-0.25, -0.2) is 9.48 Å². The number of carboxylic acids is 1. The summed E-state index contributed by atoms with van der Waals surface area (Å²) in [7, 11) is 1.59. The predicted octanol–water partition coefficient (Wildman–Crippen LogP) is 1.11. The summed E-state index contributed by atoms with van der Waals surface area (Å²) in [5.41, 5.74) is 1.89. The second kappa shape index (κ2) is 6.94. The van der Waals surface area contributed by atoms with Crippen molar-refractivity contribution >= 4 is 11.9 Å². The predicted molar refractivity (Wildman–Crippen MR) is 88.1 cm³/mol. The van der Waals surface area contributed by atoms with Gasteiger partial charge in [0.1, 0.15) is 5.75 Å². The fraction of sp³-hybridized carbons (Fsp3) is 0.353. The van der Waals surface area contributed by atoms with Gasteiger partial charge in [0.15, 0.2) is 11.8 Å². The van der Waals surface area contributed by atoms with Crippen LogP contribution in [0, 0.1) is 6.92 Å². The van der Waals surface area contributed by atoms with Crippen LogP contribution in [0.3, 0.4) is 0 Å². The molecular formula is C17H19N3O5. The van der Waals surface area contributed by atoms with E-state index in [2.05, 4.69) is 5.10 Å². The number of aryl methyl sites for hydroxylation is 1. The van der Waals surface area contributed by atoms with Crippen LogP contribution in [0.2, 0.25) is 0 Å². The van der Waals surface area contributed by atoms with Gasteiger partial charge in [-0.15, -0.1) is 0 Å². The number of hydrogen-bond acceptors (Lipinski definition) is 5. The number of aromatic nitrogens is 2. The first-order valence-corrected chi connectivity index (χ1v) is 7.84. The topological polar surface area (TPSA) is 93.9 Å². The molecule has 8 nitrogen and oxygen atoms in total. The number of nitrogens with zero attached hydrogens (tertiary/aromatic N) is 3. The number of ether oxygens (including phenoxy) is 2. The number of carbonyl (C=O) groups excluding carboxylic acids is 1. The number of carboxylic acid groups (broad SMARTS) is 1. The van der Waals surface area contributed by atoms with E-state index in [1.165, 1.54) is 4.90 Å². The van der Waals surface area contributed by atoms with Gasteiger partial charge in [-0.05, 0) is 37.3 Å². The van der Waals surface area contributed by atoms with Crippen LogP contribution in [0.15, 0.2) is 30.3 Å². The van der Waals surface area contributed by atoms with Crippen LogP contribution < -0.4 is 4.74 Å². The highest BCUT2D eigenvalue weighted by Crippen LogP contribution is 2.18. The Kier molecular flexibility index (Phi) is 4.71. The van der Waals surface area contributed by atoms with Gasteiger partial charge >= 0.3 is 5.97 Å². The normalized spacial score (nSPS) is 17.4. The second-order valence-corrected chi connectivity index (χ2v) is 5.73. The van der Waals surface area contributed by atoms with Gasteiger partial charge in [0.2, 0.25) is 0 Å². The molecule has 1 N–H and O–H groups in total. The molecule has 1 aromatic carbocycles. The third kappa shape index (κ3) is 3.48. The number of methoxy groups -OCH3 is 1. The van der Waals surface area contributed by atoms with E-state index in [1.54, 1.807) is 17.9 Å². The molecule has 8 heteroatoms. The van der Waals surface area contributed by atoms with E-state index >= 15 is 0 Å². The molecule has 2 aromatic rings. The Morgan fingerprint density at radius 3 is 2.68 bits per heavy atom. The smallest absolute Gasteiger partial charge is 0.334 e. The highest BCUT2D eigenvalue weighted by molar-refractivity contribution is 5.93. The second-order valence-electron chi connectivity index (χ2n) is 5.73. The summed E-state index contributed by atoms with van der Waals surface area (Å²) in [5.74, 6) is -0.639. The van der Waals surface area contributed by atoms with Crippen molar-refractivity contribution in [1.82, 2.24) is 14.7 Å². The number of benzene rings is 1. The summed E-state index contributed by atoms with van der Waals surface area (Å²) in [6, 6.07) is 9.02. The number of carbonyl (C=O) groups is 2. The van der Waals surface area contributed by atoms with Crippen molar-refractivity contribution in [2.24, 2.45) is 0 Å². The Balaban J connectivity index is 1.81. The van der Waals surface area contributed by atoms with E-state index in [0.29, 0.717) is 6.54 Å². The van der Waals surface area contributed by atoms with Crippen LogP contribution in [0.5, 0.6) is 5.75 Å². The molecule has 1 aliphatic heterocycles. The van der Waals surface area contributed by atoms with Crippen LogP contribution in [-0.2, 0) is 9.53 Å². The van der Waals surface area contributed by atoms with Crippen LogP contribution >= 0.6 is 0 Å². The van der Waals surface area contributed by atoms with E-state index in [1.807, 2.05) is 31.2 Å². The molecule has 1 aromatic heterocycles. The summed E-state index contributed by atoms with van der Waals surface area (Å²) in [6.45, 7) is 2.41. The average molecular weight is 345 g/mol. The number of rotatable bonds is 4. The summed E-state index contributed by atoms with van der Waals surface area (Å²) in [6.07, 6.45) is -0.998. The van der Waals surface area contributed by atoms with E-state index in [-0.39, 0.29) is 24.8 Å². The van der Waals surface area contributed by atoms with Crippen LogP contribution in [0.25, 0.3) is 5.69 Å². The van der Waals surface area contributed by atoms with Crippen LogP contribution in [0.4, 0.5) is 0 Å². The maximum Gasteiger partial charge on any atom is 0.334 e. The van der Waals surface area contributed by atoms with Crippen molar-refractivity contribution in [3.05, 3.63) is 41.7 Å². The molecule has 0 aliphatic carbocycles. The third-order valence-electron chi connectivity index (χ3n) is 4.05. The van der Waals surface area contributed by atoms with Gasteiger partial charge in [-0.1, -0.05) is 0 Å². The lowest BCUT2D eigenvalue weighted by molar-refractivity contribution is -0.154.